The molecule has 1 aliphatic carbocycles. The van der Waals surface area contributed by atoms with Gasteiger partial charge in [-0.1, -0.05) is 25.3 Å². The molecular weight excluding hydrogens is 210 g/mol. The molecule has 0 spiro atoms. The highest BCUT2D eigenvalue weighted by molar-refractivity contribution is 5.21. The average molecular weight is 226 g/mol. The largest absolute Gasteiger partial charge is 0.388 e. The van der Waals surface area contributed by atoms with E-state index in [1.807, 2.05) is 0 Å². The van der Waals surface area contributed by atoms with Gasteiger partial charge in [-0.05, 0) is 24.8 Å². The van der Waals surface area contributed by atoms with Crippen molar-refractivity contribution in [3.8, 4) is 0 Å². The Hall–Kier alpha value is -0.960. The van der Waals surface area contributed by atoms with Crippen molar-refractivity contribution in [2.24, 2.45) is 5.92 Å². The number of aliphatic hydroxyl groups excluding tert-OH is 1. The predicted molar refractivity (Wildman–Crippen MR) is 57.9 cm³/mol. The second kappa shape index (κ2) is 4.91. The molecule has 0 saturated heterocycles. The van der Waals surface area contributed by atoms with Crippen LogP contribution in [0.25, 0.3) is 0 Å². The molecule has 0 amide bonds. The second-order valence-corrected chi connectivity index (χ2v) is 4.51. The lowest BCUT2D eigenvalue weighted by Gasteiger charge is -2.27. The highest BCUT2D eigenvalue weighted by Crippen LogP contribution is 2.35. The van der Waals surface area contributed by atoms with E-state index in [0.29, 0.717) is 0 Å². The Morgan fingerprint density at radius 1 is 1.12 bits per heavy atom. The normalized spacial score (nSPS) is 19.7. The van der Waals surface area contributed by atoms with Gasteiger partial charge in [-0.3, -0.25) is 0 Å². The van der Waals surface area contributed by atoms with E-state index in [1.165, 1.54) is 18.6 Å². The van der Waals surface area contributed by atoms with Crippen LogP contribution in [0.15, 0.2) is 18.2 Å². The number of hydrogen-bond acceptors (Lipinski definition) is 1. The van der Waals surface area contributed by atoms with E-state index in [2.05, 4.69) is 0 Å². The summed E-state index contributed by atoms with van der Waals surface area (Å²) in [6.45, 7) is 0. The van der Waals surface area contributed by atoms with Gasteiger partial charge in [0.05, 0.1) is 6.10 Å². The molecular formula is C13H16F2O. The van der Waals surface area contributed by atoms with Gasteiger partial charge < -0.3 is 5.11 Å². The SMILES string of the molecule is OC(c1ccc(F)cc1F)C1CCCCC1. The van der Waals surface area contributed by atoms with Crippen molar-refractivity contribution >= 4 is 0 Å². The van der Waals surface area contributed by atoms with Crippen LogP contribution >= 0.6 is 0 Å². The lowest BCUT2D eigenvalue weighted by atomic mass is 9.82. The summed E-state index contributed by atoms with van der Waals surface area (Å²) in [6, 6.07) is 3.38. The van der Waals surface area contributed by atoms with Crippen molar-refractivity contribution in [2.75, 3.05) is 0 Å². The summed E-state index contributed by atoms with van der Waals surface area (Å²) in [4.78, 5) is 0. The van der Waals surface area contributed by atoms with Gasteiger partial charge in [0, 0.05) is 11.6 Å². The molecule has 1 nitrogen and oxygen atoms in total. The molecule has 1 unspecified atom stereocenters. The van der Waals surface area contributed by atoms with E-state index in [4.69, 9.17) is 0 Å². The zero-order valence-electron chi connectivity index (χ0n) is 9.13. The molecule has 88 valence electrons. The molecule has 0 aliphatic heterocycles. The monoisotopic (exact) mass is 226 g/mol. The van der Waals surface area contributed by atoms with E-state index in [0.717, 1.165) is 31.7 Å². The van der Waals surface area contributed by atoms with Crippen LogP contribution in [0, 0.1) is 17.6 Å². The van der Waals surface area contributed by atoms with Crippen molar-refractivity contribution < 1.29 is 13.9 Å². The zero-order chi connectivity index (χ0) is 11.5. The molecule has 1 N–H and O–H groups in total. The Morgan fingerprint density at radius 2 is 1.81 bits per heavy atom. The number of benzene rings is 1. The van der Waals surface area contributed by atoms with Gasteiger partial charge in [-0.2, -0.15) is 0 Å². The van der Waals surface area contributed by atoms with Gasteiger partial charge in [0.1, 0.15) is 11.6 Å². The van der Waals surface area contributed by atoms with Crippen molar-refractivity contribution in [3.63, 3.8) is 0 Å². The van der Waals surface area contributed by atoms with Crippen LogP contribution < -0.4 is 0 Å². The lowest BCUT2D eigenvalue weighted by Crippen LogP contribution is -2.17. The van der Waals surface area contributed by atoms with Gasteiger partial charge in [-0.25, -0.2) is 8.78 Å². The number of halogens is 2. The lowest BCUT2D eigenvalue weighted by molar-refractivity contribution is 0.0815. The molecule has 2 rings (SSSR count). The number of rotatable bonds is 2. The van der Waals surface area contributed by atoms with Crippen molar-refractivity contribution in [1.29, 1.82) is 0 Å². The first kappa shape index (κ1) is 11.5. The van der Waals surface area contributed by atoms with Crippen LogP contribution in [0.4, 0.5) is 8.78 Å². The first-order valence-corrected chi connectivity index (χ1v) is 5.81. The van der Waals surface area contributed by atoms with E-state index in [-0.39, 0.29) is 11.5 Å². The first-order valence-electron chi connectivity index (χ1n) is 5.81. The fourth-order valence-electron chi connectivity index (χ4n) is 2.45. The van der Waals surface area contributed by atoms with Gasteiger partial charge in [0.2, 0.25) is 0 Å². The van der Waals surface area contributed by atoms with Gasteiger partial charge >= 0.3 is 0 Å². The Morgan fingerprint density at radius 3 is 2.44 bits per heavy atom. The minimum absolute atomic E-state index is 0.119. The Balaban J connectivity index is 2.15. The average Bonchev–Trinajstić information content (AvgIpc) is 2.29. The van der Waals surface area contributed by atoms with Crippen molar-refractivity contribution in [1.82, 2.24) is 0 Å². The summed E-state index contributed by atoms with van der Waals surface area (Å²) in [5, 5.41) is 10.1. The third kappa shape index (κ3) is 2.40. The molecule has 0 radical (unpaired) electrons. The fourth-order valence-corrected chi connectivity index (χ4v) is 2.45. The topological polar surface area (TPSA) is 20.2 Å². The van der Waals surface area contributed by atoms with Crippen LogP contribution in [0.5, 0.6) is 0 Å². The maximum Gasteiger partial charge on any atom is 0.131 e. The summed E-state index contributed by atoms with van der Waals surface area (Å²) in [5.41, 5.74) is 0.230. The fraction of sp³-hybridized carbons (Fsp3) is 0.538. The molecule has 1 aromatic carbocycles. The molecule has 3 heteroatoms. The molecule has 1 saturated carbocycles. The molecule has 1 atom stereocenters. The van der Waals surface area contributed by atoms with Gasteiger partial charge in [0.25, 0.3) is 0 Å². The maximum atomic E-state index is 13.5. The third-order valence-electron chi connectivity index (χ3n) is 3.38. The highest BCUT2D eigenvalue weighted by Gasteiger charge is 2.25. The Labute approximate surface area is 94.1 Å². The van der Waals surface area contributed by atoms with Crippen molar-refractivity contribution in [2.45, 2.75) is 38.2 Å². The van der Waals surface area contributed by atoms with E-state index >= 15 is 0 Å². The van der Waals surface area contributed by atoms with Crippen LogP contribution in [0.3, 0.4) is 0 Å². The minimum Gasteiger partial charge on any atom is -0.388 e. The second-order valence-electron chi connectivity index (χ2n) is 4.51. The molecule has 1 aromatic rings. The molecule has 16 heavy (non-hydrogen) atoms. The summed E-state index contributed by atoms with van der Waals surface area (Å²) in [5.74, 6) is -1.12. The quantitative estimate of drug-likeness (QED) is 0.817. The van der Waals surface area contributed by atoms with Crippen LogP contribution in [-0.2, 0) is 0 Å². The van der Waals surface area contributed by atoms with Gasteiger partial charge in [-0.15, -0.1) is 0 Å². The molecule has 0 bridgehead atoms. The highest BCUT2D eigenvalue weighted by atomic mass is 19.1. The predicted octanol–water partition coefficient (Wildman–Crippen LogP) is 3.58. The summed E-state index contributed by atoms with van der Waals surface area (Å²) in [7, 11) is 0. The van der Waals surface area contributed by atoms with E-state index < -0.39 is 17.7 Å². The first-order chi connectivity index (χ1) is 7.68. The Bertz CT molecular complexity index is 359. The summed E-state index contributed by atoms with van der Waals surface area (Å²) >= 11 is 0. The maximum absolute atomic E-state index is 13.5. The molecule has 0 heterocycles. The zero-order valence-corrected chi connectivity index (χ0v) is 9.13. The molecule has 1 fully saturated rings. The van der Waals surface area contributed by atoms with Crippen LogP contribution in [0.2, 0.25) is 0 Å². The minimum atomic E-state index is -0.791. The van der Waals surface area contributed by atoms with Crippen LogP contribution in [-0.4, -0.2) is 5.11 Å². The number of hydrogen-bond donors (Lipinski definition) is 1. The van der Waals surface area contributed by atoms with Crippen molar-refractivity contribution in [3.05, 3.63) is 35.4 Å². The number of aliphatic hydroxyl groups is 1. The Kier molecular flexibility index (Phi) is 3.54. The summed E-state index contributed by atoms with van der Waals surface area (Å²) in [6.07, 6.45) is 4.43. The van der Waals surface area contributed by atoms with Gasteiger partial charge in [0.15, 0.2) is 0 Å². The van der Waals surface area contributed by atoms with Crippen LogP contribution in [0.1, 0.15) is 43.8 Å². The van der Waals surface area contributed by atoms with E-state index in [1.54, 1.807) is 0 Å². The molecule has 0 aromatic heterocycles. The smallest absolute Gasteiger partial charge is 0.131 e. The molecule has 1 aliphatic rings. The summed E-state index contributed by atoms with van der Waals surface area (Å²) < 4.78 is 26.2. The standard InChI is InChI=1S/C13H16F2O/c14-10-6-7-11(12(15)8-10)13(16)9-4-2-1-3-5-9/h6-9,13,16H,1-5H2. The third-order valence-corrected chi connectivity index (χ3v) is 3.38. The van der Waals surface area contributed by atoms with E-state index in [9.17, 15) is 13.9 Å².